The van der Waals surface area contributed by atoms with E-state index in [1.165, 1.54) is 0 Å². The quantitative estimate of drug-likeness (QED) is 0.741. The number of aliphatic carboxylic acids is 1. The van der Waals surface area contributed by atoms with Crippen molar-refractivity contribution in [3.8, 4) is 0 Å². The van der Waals surface area contributed by atoms with Crippen molar-refractivity contribution in [1.29, 1.82) is 0 Å². The van der Waals surface area contributed by atoms with E-state index in [-0.39, 0.29) is 0 Å². The molecule has 0 aromatic heterocycles. The molecule has 0 saturated carbocycles. The van der Waals surface area contributed by atoms with Crippen LogP contribution >= 0.6 is 0 Å². The van der Waals surface area contributed by atoms with Gasteiger partial charge in [0.2, 0.25) is 0 Å². The second-order valence-electron chi connectivity index (χ2n) is 3.17. The van der Waals surface area contributed by atoms with Gasteiger partial charge in [0, 0.05) is 5.69 Å². The standard InChI is InChI=1S/C11H13NO3/c1-2-5-8-6-3-4-7-9(8)12-10(13)11(14)15/h3-4,6-7H,2,5H2,1H3,(H,12,13)(H,14,15). The van der Waals surface area contributed by atoms with E-state index in [0.717, 1.165) is 18.4 Å². The molecule has 0 aliphatic carbocycles. The molecule has 0 fully saturated rings. The van der Waals surface area contributed by atoms with Crippen LogP contribution in [0.4, 0.5) is 5.69 Å². The van der Waals surface area contributed by atoms with Gasteiger partial charge in [-0.05, 0) is 18.1 Å². The normalized spacial score (nSPS) is 9.67. The predicted molar refractivity (Wildman–Crippen MR) is 56.7 cm³/mol. The van der Waals surface area contributed by atoms with Crippen molar-refractivity contribution in [2.45, 2.75) is 19.8 Å². The monoisotopic (exact) mass is 207 g/mol. The van der Waals surface area contributed by atoms with Gasteiger partial charge in [0.05, 0.1) is 0 Å². The molecule has 15 heavy (non-hydrogen) atoms. The van der Waals surface area contributed by atoms with Crippen LogP contribution in [-0.4, -0.2) is 17.0 Å². The zero-order chi connectivity index (χ0) is 11.3. The Morgan fingerprint density at radius 3 is 2.60 bits per heavy atom. The van der Waals surface area contributed by atoms with E-state index in [1.807, 2.05) is 19.1 Å². The number of amides is 1. The van der Waals surface area contributed by atoms with E-state index >= 15 is 0 Å². The fraction of sp³-hybridized carbons (Fsp3) is 0.273. The molecule has 0 unspecified atom stereocenters. The van der Waals surface area contributed by atoms with E-state index in [2.05, 4.69) is 5.32 Å². The molecule has 0 bridgehead atoms. The van der Waals surface area contributed by atoms with Crippen LogP contribution in [0.1, 0.15) is 18.9 Å². The molecule has 0 spiro atoms. The molecule has 4 heteroatoms. The molecule has 1 aromatic rings. The number of nitrogens with one attached hydrogen (secondary N) is 1. The Kier molecular flexibility index (Phi) is 3.85. The van der Waals surface area contributed by atoms with Crippen molar-refractivity contribution in [1.82, 2.24) is 0 Å². The van der Waals surface area contributed by atoms with Crippen molar-refractivity contribution >= 4 is 17.6 Å². The number of para-hydroxylation sites is 1. The van der Waals surface area contributed by atoms with Crippen LogP contribution in [0.25, 0.3) is 0 Å². The van der Waals surface area contributed by atoms with E-state index in [0.29, 0.717) is 5.69 Å². The molecule has 80 valence electrons. The molecule has 0 saturated heterocycles. The zero-order valence-corrected chi connectivity index (χ0v) is 8.49. The van der Waals surface area contributed by atoms with Gasteiger partial charge < -0.3 is 10.4 Å². The summed E-state index contributed by atoms with van der Waals surface area (Å²) in [7, 11) is 0. The summed E-state index contributed by atoms with van der Waals surface area (Å²) >= 11 is 0. The van der Waals surface area contributed by atoms with Crippen molar-refractivity contribution in [2.24, 2.45) is 0 Å². The summed E-state index contributed by atoms with van der Waals surface area (Å²) in [5.74, 6) is -2.47. The van der Waals surface area contributed by atoms with Gasteiger partial charge in [0.25, 0.3) is 0 Å². The molecule has 0 radical (unpaired) electrons. The lowest BCUT2D eigenvalue weighted by molar-refractivity contribution is -0.147. The summed E-state index contributed by atoms with van der Waals surface area (Å²) in [6, 6.07) is 7.20. The number of benzene rings is 1. The minimum Gasteiger partial charge on any atom is -0.474 e. The molecular weight excluding hydrogens is 194 g/mol. The van der Waals surface area contributed by atoms with Gasteiger partial charge in [0.1, 0.15) is 0 Å². The minimum absolute atomic E-state index is 0.576. The fourth-order valence-corrected chi connectivity index (χ4v) is 1.31. The van der Waals surface area contributed by atoms with Crippen molar-refractivity contribution in [3.63, 3.8) is 0 Å². The van der Waals surface area contributed by atoms with E-state index < -0.39 is 11.9 Å². The molecule has 0 atom stereocenters. The van der Waals surface area contributed by atoms with E-state index in [4.69, 9.17) is 5.11 Å². The summed E-state index contributed by atoms with van der Waals surface area (Å²) < 4.78 is 0. The number of hydrogen-bond acceptors (Lipinski definition) is 2. The first-order valence-corrected chi connectivity index (χ1v) is 4.77. The summed E-state index contributed by atoms with van der Waals surface area (Å²) in [5, 5.41) is 10.8. The summed E-state index contributed by atoms with van der Waals surface area (Å²) in [5.41, 5.74) is 1.53. The second kappa shape index (κ2) is 5.14. The molecule has 4 nitrogen and oxygen atoms in total. The smallest absolute Gasteiger partial charge is 0.394 e. The third kappa shape index (κ3) is 3.09. The summed E-state index contributed by atoms with van der Waals surface area (Å²) in [6.07, 6.45) is 1.76. The maximum atomic E-state index is 11.0. The summed E-state index contributed by atoms with van der Waals surface area (Å²) in [6.45, 7) is 2.02. The van der Waals surface area contributed by atoms with Crippen LogP contribution in [-0.2, 0) is 16.0 Å². The highest BCUT2D eigenvalue weighted by Crippen LogP contribution is 2.16. The topological polar surface area (TPSA) is 66.4 Å². The van der Waals surface area contributed by atoms with E-state index in [9.17, 15) is 9.59 Å². The van der Waals surface area contributed by atoms with E-state index in [1.54, 1.807) is 12.1 Å². The average molecular weight is 207 g/mol. The number of rotatable bonds is 3. The Labute approximate surface area is 87.9 Å². The lowest BCUT2D eigenvalue weighted by Crippen LogP contribution is -2.22. The van der Waals surface area contributed by atoms with Gasteiger partial charge in [-0.3, -0.25) is 4.79 Å². The van der Waals surface area contributed by atoms with Crippen LogP contribution in [0.3, 0.4) is 0 Å². The number of carboxylic acids is 1. The Morgan fingerprint density at radius 2 is 2.00 bits per heavy atom. The van der Waals surface area contributed by atoms with Crippen LogP contribution < -0.4 is 5.32 Å². The van der Waals surface area contributed by atoms with Crippen LogP contribution in [0, 0.1) is 0 Å². The SMILES string of the molecule is CCCc1ccccc1NC(=O)C(=O)O. The van der Waals surface area contributed by atoms with Gasteiger partial charge in [-0.15, -0.1) is 0 Å². The third-order valence-electron chi connectivity index (χ3n) is 1.98. The van der Waals surface area contributed by atoms with Crippen molar-refractivity contribution in [3.05, 3.63) is 29.8 Å². The minimum atomic E-state index is -1.47. The maximum absolute atomic E-state index is 11.0. The van der Waals surface area contributed by atoms with Crippen LogP contribution in [0.2, 0.25) is 0 Å². The predicted octanol–water partition coefficient (Wildman–Crippen LogP) is 1.66. The first-order chi connectivity index (χ1) is 7.15. The fourth-order valence-electron chi connectivity index (χ4n) is 1.31. The first-order valence-electron chi connectivity index (χ1n) is 4.77. The highest BCUT2D eigenvalue weighted by atomic mass is 16.4. The Hall–Kier alpha value is -1.84. The summed E-state index contributed by atoms with van der Waals surface area (Å²) in [4.78, 5) is 21.3. The molecule has 0 aliphatic heterocycles. The number of anilines is 1. The lowest BCUT2D eigenvalue weighted by atomic mass is 10.1. The van der Waals surface area contributed by atoms with Crippen molar-refractivity contribution < 1.29 is 14.7 Å². The molecule has 0 aliphatic rings. The largest absolute Gasteiger partial charge is 0.474 e. The van der Waals surface area contributed by atoms with Gasteiger partial charge >= 0.3 is 11.9 Å². The molecule has 1 rings (SSSR count). The number of carbonyl (C=O) groups is 2. The Bertz CT molecular complexity index is 374. The zero-order valence-electron chi connectivity index (χ0n) is 8.49. The highest BCUT2D eigenvalue weighted by molar-refractivity contribution is 6.36. The lowest BCUT2D eigenvalue weighted by Gasteiger charge is -2.08. The van der Waals surface area contributed by atoms with Gasteiger partial charge in [-0.2, -0.15) is 0 Å². The van der Waals surface area contributed by atoms with Crippen LogP contribution in [0.15, 0.2) is 24.3 Å². The first kappa shape index (κ1) is 11.2. The number of hydrogen-bond donors (Lipinski definition) is 2. The van der Waals surface area contributed by atoms with Crippen LogP contribution in [0.5, 0.6) is 0 Å². The number of carbonyl (C=O) groups excluding carboxylic acids is 1. The number of carboxylic acid groups (broad SMARTS) is 1. The Morgan fingerprint density at radius 1 is 1.33 bits per heavy atom. The molecular formula is C11H13NO3. The van der Waals surface area contributed by atoms with Gasteiger partial charge in [0.15, 0.2) is 0 Å². The molecule has 1 amide bonds. The average Bonchev–Trinajstić information content (AvgIpc) is 2.21. The maximum Gasteiger partial charge on any atom is 0.394 e. The second-order valence-corrected chi connectivity index (χ2v) is 3.17. The molecule has 2 N–H and O–H groups in total. The highest BCUT2D eigenvalue weighted by Gasteiger charge is 2.12. The Balaban J connectivity index is 2.84. The third-order valence-corrected chi connectivity index (χ3v) is 1.98. The van der Waals surface area contributed by atoms with Gasteiger partial charge in [-0.25, -0.2) is 4.79 Å². The van der Waals surface area contributed by atoms with Gasteiger partial charge in [-0.1, -0.05) is 31.5 Å². The molecule has 1 aromatic carbocycles. The molecule has 0 heterocycles. The number of aryl methyl sites for hydroxylation is 1. The van der Waals surface area contributed by atoms with Crippen molar-refractivity contribution in [2.75, 3.05) is 5.32 Å².